The molecule has 3 N–H and O–H groups in total. The van der Waals surface area contributed by atoms with Crippen molar-refractivity contribution in [2.24, 2.45) is 5.41 Å². The SMILES string of the molecule is CC1(C(=O)NCC(O)c2c(F)cccc2F)CCNC1. The average molecular weight is 284 g/mol. The van der Waals surface area contributed by atoms with Crippen molar-refractivity contribution in [2.45, 2.75) is 19.4 Å². The van der Waals surface area contributed by atoms with E-state index in [2.05, 4.69) is 10.6 Å². The zero-order valence-corrected chi connectivity index (χ0v) is 11.2. The number of amides is 1. The largest absolute Gasteiger partial charge is 0.386 e. The van der Waals surface area contributed by atoms with Crippen LogP contribution in [0.2, 0.25) is 0 Å². The number of aliphatic hydroxyl groups excluding tert-OH is 1. The number of hydrogen-bond acceptors (Lipinski definition) is 3. The molecule has 2 rings (SSSR count). The molecule has 1 aromatic rings. The lowest BCUT2D eigenvalue weighted by Gasteiger charge is -2.23. The summed E-state index contributed by atoms with van der Waals surface area (Å²) in [5.41, 5.74) is -0.949. The molecule has 1 fully saturated rings. The second kappa shape index (κ2) is 5.85. The average Bonchev–Trinajstić information content (AvgIpc) is 2.84. The number of carbonyl (C=O) groups excluding carboxylic acids is 1. The van der Waals surface area contributed by atoms with Crippen LogP contribution in [0.5, 0.6) is 0 Å². The normalized spacial score (nSPS) is 23.6. The number of rotatable bonds is 4. The van der Waals surface area contributed by atoms with Gasteiger partial charge in [0.1, 0.15) is 17.7 Å². The standard InChI is InChI=1S/C14H18F2N2O2/c1-14(5-6-17-8-14)13(20)18-7-11(19)12-9(15)3-2-4-10(12)16/h2-4,11,17,19H,5-8H2,1H3,(H,18,20). The third kappa shape index (κ3) is 2.96. The highest BCUT2D eigenvalue weighted by Gasteiger charge is 2.36. The van der Waals surface area contributed by atoms with Crippen molar-refractivity contribution in [1.29, 1.82) is 0 Å². The van der Waals surface area contributed by atoms with Crippen LogP contribution >= 0.6 is 0 Å². The van der Waals surface area contributed by atoms with Gasteiger partial charge in [0.2, 0.25) is 5.91 Å². The van der Waals surface area contributed by atoms with Crippen LogP contribution in [-0.4, -0.2) is 30.6 Å². The summed E-state index contributed by atoms with van der Waals surface area (Å²) in [6.07, 6.45) is -0.707. The summed E-state index contributed by atoms with van der Waals surface area (Å²) in [7, 11) is 0. The molecule has 0 saturated carbocycles. The number of carbonyl (C=O) groups is 1. The Labute approximate surface area is 116 Å². The Morgan fingerprint density at radius 2 is 2.15 bits per heavy atom. The quantitative estimate of drug-likeness (QED) is 0.776. The van der Waals surface area contributed by atoms with Gasteiger partial charge in [-0.25, -0.2) is 8.78 Å². The monoisotopic (exact) mass is 284 g/mol. The summed E-state index contributed by atoms with van der Waals surface area (Å²) < 4.78 is 27.0. The van der Waals surface area contributed by atoms with Crippen molar-refractivity contribution in [2.75, 3.05) is 19.6 Å². The van der Waals surface area contributed by atoms with Gasteiger partial charge in [-0.3, -0.25) is 4.79 Å². The van der Waals surface area contributed by atoms with E-state index in [0.29, 0.717) is 13.0 Å². The molecular weight excluding hydrogens is 266 g/mol. The molecule has 2 unspecified atom stereocenters. The molecule has 1 aliphatic heterocycles. The first kappa shape index (κ1) is 14.9. The lowest BCUT2D eigenvalue weighted by Crippen LogP contribution is -2.42. The molecule has 4 nitrogen and oxygen atoms in total. The van der Waals surface area contributed by atoms with Gasteiger partial charge >= 0.3 is 0 Å². The van der Waals surface area contributed by atoms with Crippen molar-refractivity contribution >= 4 is 5.91 Å². The van der Waals surface area contributed by atoms with Crippen LogP contribution in [-0.2, 0) is 4.79 Å². The fourth-order valence-electron chi connectivity index (χ4n) is 2.34. The molecule has 2 atom stereocenters. The first-order valence-corrected chi connectivity index (χ1v) is 6.55. The Balaban J connectivity index is 1.98. The van der Waals surface area contributed by atoms with E-state index >= 15 is 0 Å². The predicted octanol–water partition coefficient (Wildman–Crippen LogP) is 1.11. The molecule has 1 heterocycles. The summed E-state index contributed by atoms with van der Waals surface area (Å²) in [5, 5.41) is 15.5. The zero-order chi connectivity index (χ0) is 14.8. The first-order valence-electron chi connectivity index (χ1n) is 6.55. The summed E-state index contributed by atoms with van der Waals surface area (Å²) in [5.74, 6) is -1.86. The van der Waals surface area contributed by atoms with Gasteiger partial charge in [-0.05, 0) is 32.0 Å². The minimum absolute atomic E-state index is 0.216. The molecule has 1 amide bonds. The third-order valence-corrected chi connectivity index (χ3v) is 3.71. The van der Waals surface area contributed by atoms with Crippen molar-refractivity contribution in [1.82, 2.24) is 10.6 Å². The maximum Gasteiger partial charge on any atom is 0.227 e. The predicted molar refractivity (Wildman–Crippen MR) is 69.9 cm³/mol. The minimum atomic E-state index is -1.40. The van der Waals surface area contributed by atoms with Gasteiger partial charge in [-0.2, -0.15) is 0 Å². The molecule has 0 spiro atoms. The molecule has 0 radical (unpaired) electrons. The fraction of sp³-hybridized carbons (Fsp3) is 0.500. The molecule has 0 bridgehead atoms. The van der Waals surface area contributed by atoms with E-state index in [9.17, 15) is 18.7 Å². The molecule has 1 aromatic carbocycles. The second-order valence-corrected chi connectivity index (χ2v) is 5.35. The van der Waals surface area contributed by atoms with Gasteiger partial charge in [0.05, 0.1) is 11.0 Å². The summed E-state index contributed by atoms with van der Waals surface area (Å²) in [4.78, 5) is 12.0. The lowest BCUT2D eigenvalue weighted by molar-refractivity contribution is -0.129. The highest BCUT2D eigenvalue weighted by Crippen LogP contribution is 2.25. The van der Waals surface area contributed by atoms with Crippen molar-refractivity contribution in [3.63, 3.8) is 0 Å². The van der Waals surface area contributed by atoms with Crippen LogP contribution in [0.25, 0.3) is 0 Å². The number of benzene rings is 1. The van der Waals surface area contributed by atoms with Gasteiger partial charge in [0.25, 0.3) is 0 Å². The molecule has 1 aliphatic rings. The molecular formula is C14H18F2N2O2. The van der Waals surface area contributed by atoms with E-state index in [-0.39, 0.29) is 12.5 Å². The Morgan fingerprint density at radius 1 is 1.50 bits per heavy atom. The summed E-state index contributed by atoms with van der Waals surface area (Å²) in [6, 6.07) is 3.38. The maximum absolute atomic E-state index is 13.5. The number of aliphatic hydroxyl groups is 1. The van der Waals surface area contributed by atoms with Crippen LogP contribution < -0.4 is 10.6 Å². The van der Waals surface area contributed by atoms with Crippen LogP contribution in [0.1, 0.15) is 25.0 Å². The van der Waals surface area contributed by atoms with E-state index in [1.165, 1.54) is 6.07 Å². The van der Waals surface area contributed by atoms with E-state index in [1.54, 1.807) is 0 Å². The van der Waals surface area contributed by atoms with Gasteiger partial charge in [-0.15, -0.1) is 0 Å². The van der Waals surface area contributed by atoms with Gasteiger partial charge < -0.3 is 15.7 Å². The zero-order valence-electron chi connectivity index (χ0n) is 11.2. The van der Waals surface area contributed by atoms with Gasteiger partial charge in [0.15, 0.2) is 0 Å². The maximum atomic E-state index is 13.5. The molecule has 0 aromatic heterocycles. The van der Waals surface area contributed by atoms with Crippen LogP contribution in [0, 0.1) is 17.0 Å². The fourth-order valence-corrected chi connectivity index (χ4v) is 2.34. The summed E-state index contributed by atoms with van der Waals surface area (Å²) in [6.45, 7) is 2.92. The molecule has 0 aliphatic carbocycles. The van der Waals surface area contributed by atoms with Crippen LogP contribution in [0.4, 0.5) is 8.78 Å². The summed E-state index contributed by atoms with van der Waals surface area (Å²) >= 11 is 0. The number of nitrogens with one attached hydrogen (secondary N) is 2. The Hall–Kier alpha value is -1.53. The van der Waals surface area contributed by atoms with Crippen molar-refractivity contribution < 1.29 is 18.7 Å². The highest BCUT2D eigenvalue weighted by atomic mass is 19.1. The topological polar surface area (TPSA) is 61.4 Å². The van der Waals surface area contributed by atoms with Crippen LogP contribution in [0.15, 0.2) is 18.2 Å². The van der Waals surface area contributed by atoms with Gasteiger partial charge in [0, 0.05) is 13.1 Å². The van der Waals surface area contributed by atoms with E-state index in [0.717, 1.165) is 18.7 Å². The number of hydrogen-bond donors (Lipinski definition) is 3. The molecule has 6 heteroatoms. The smallest absolute Gasteiger partial charge is 0.227 e. The van der Waals surface area contributed by atoms with Gasteiger partial charge in [-0.1, -0.05) is 6.07 Å². The van der Waals surface area contributed by atoms with Crippen LogP contribution in [0.3, 0.4) is 0 Å². The Morgan fingerprint density at radius 3 is 2.70 bits per heavy atom. The Kier molecular flexibility index (Phi) is 4.35. The van der Waals surface area contributed by atoms with Crippen molar-refractivity contribution in [3.8, 4) is 0 Å². The number of halogens is 2. The van der Waals surface area contributed by atoms with Crippen molar-refractivity contribution in [3.05, 3.63) is 35.4 Å². The highest BCUT2D eigenvalue weighted by molar-refractivity contribution is 5.82. The lowest BCUT2D eigenvalue weighted by atomic mass is 9.88. The van der Waals surface area contributed by atoms with E-state index in [1.807, 2.05) is 6.92 Å². The first-order chi connectivity index (χ1) is 9.44. The van der Waals surface area contributed by atoms with E-state index < -0.39 is 28.7 Å². The molecule has 20 heavy (non-hydrogen) atoms. The Bertz CT molecular complexity index is 482. The third-order valence-electron chi connectivity index (χ3n) is 3.71. The molecule has 1 saturated heterocycles. The second-order valence-electron chi connectivity index (χ2n) is 5.35. The van der Waals surface area contributed by atoms with E-state index in [4.69, 9.17) is 0 Å². The minimum Gasteiger partial charge on any atom is -0.386 e. The molecule has 110 valence electrons.